The summed E-state index contributed by atoms with van der Waals surface area (Å²) in [5.74, 6) is 0. The summed E-state index contributed by atoms with van der Waals surface area (Å²) in [5, 5.41) is 1.08. The van der Waals surface area contributed by atoms with Crippen LogP contribution in [0.2, 0.25) is 10.0 Å². The van der Waals surface area contributed by atoms with Crippen LogP contribution in [-0.2, 0) is 6.42 Å². The van der Waals surface area contributed by atoms with E-state index in [-0.39, 0.29) is 0 Å². The molecule has 0 saturated heterocycles. The topological polar surface area (TPSA) is 43.8 Å². The molecule has 0 amide bonds. The molecule has 1 heterocycles. The quantitative estimate of drug-likeness (QED) is 0.917. The molecule has 0 aliphatic heterocycles. The number of nitrogens with zero attached hydrogens (tertiary/aromatic N) is 2. The zero-order valence-corrected chi connectivity index (χ0v) is 10.0. The predicted molar refractivity (Wildman–Crippen MR) is 66.3 cm³/mol. The van der Waals surface area contributed by atoms with Gasteiger partial charge in [-0.25, -0.2) is 4.98 Å². The van der Waals surface area contributed by atoms with Gasteiger partial charge >= 0.3 is 0 Å². The normalized spacial score (nSPS) is 10.7. The molecular formula is C11H11Cl2N3. The van der Waals surface area contributed by atoms with Gasteiger partial charge in [-0.1, -0.05) is 23.2 Å². The number of nitrogens with two attached hydrogens (primary N) is 1. The minimum Gasteiger partial charge on any atom is -0.330 e. The molecule has 0 aliphatic rings. The molecule has 0 aliphatic carbocycles. The first kappa shape index (κ1) is 11.5. The first-order valence-corrected chi connectivity index (χ1v) is 5.64. The highest BCUT2D eigenvalue weighted by Gasteiger charge is 2.05. The van der Waals surface area contributed by atoms with Crippen LogP contribution in [0, 0.1) is 0 Å². The van der Waals surface area contributed by atoms with Gasteiger partial charge in [0, 0.05) is 24.0 Å². The van der Waals surface area contributed by atoms with Crippen molar-refractivity contribution in [2.45, 2.75) is 6.42 Å². The Hall–Kier alpha value is -1.03. The average molecular weight is 256 g/mol. The fraction of sp³-hybridized carbons (Fsp3) is 0.182. The second kappa shape index (κ2) is 4.87. The van der Waals surface area contributed by atoms with E-state index in [0.717, 1.165) is 17.8 Å². The molecule has 2 rings (SSSR count). The van der Waals surface area contributed by atoms with Crippen LogP contribution in [0.3, 0.4) is 0 Å². The molecule has 0 saturated carbocycles. The molecule has 84 valence electrons. The van der Waals surface area contributed by atoms with Crippen molar-refractivity contribution >= 4 is 23.2 Å². The van der Waals surface area contributed by atoms with Crippen LogP contribution in [0.25, 0.3) is 5.69 Å². The van der Waals surface area contributed by atoms with Crippen molar-refractivity contribution in [1.82, 2.24) is 9.55 Å². The lowest BCUT2D eigenvalue weighted by molar-refractivity contribution is 0.874. The Labute approximate surface area is 104 Å². The van der Waals surface area contributed by atoms with Gasteiger partial charge in [-0.2, -0.15) is 0 Å². The van der Waals surface area contributed by atoms with Crippen molar-refractivity contribution in [2.75, 3.05) is 6.54 Å². The third kappa shape index (κ3) is 2.21. The van der Waals surface area contributed by atoms with E-state index in [1.165, 1.54) is 0 Å². The summed E-state index contributed by atoms with van der Waals surface area (Å²) in [6, 6.07) is 5.48. The van der Waals surface area contributed by atoms with Crippen molar-refractivity contribution in [3.8, 4) is 5.69 Å². The van der Waals surface area contributed by atoms with Crippen molar-refractivity contribution in [3.63, 3.8) is 0 Å². The number of halogens is 2. The van der Waals surface area contributed by atoms with Gasteiger partial charge in [0.2, 0.25) is 0 Å². The van der Waals surface area contributed by atoms with E-state index in [4.69, 9.17) is 28.9 Å². The third-order valence-corrected chi connectivity index (χ3v) is 3.04. The summed E-state index contributed by atoms with van der Waals surface area (Å²) < 4.78 is 1.95. The monoisotopic (exact) mass is 255 g/mol. The highest BCUT2D eigenvalue weighted by Crippen LogP contribution is 2.25. The molecule has 1 aromatic heterocycles. The SMILES string of the molecule is NCCc1cncn1-c1ccc(Cl)c(Cl)c1. The molecule has 0 radical (unpaired) electrons. The van der Waals surface area contributed by atoms with Gasteiger partial charge < -0.3 is 10.3 Å². The van der Waals surface area contributed by atoms with Gasteiger partial charge in [-0.3, -0.25) is 0 Å². The Morgan fingerprint density at radius 1 is 1.25 bits per heavy atom. The number of hydrogen-bond acceptors (Lipinski definition) is 2. The Kier molecular flexibility index (Phi) is 3.49. The highest BCUT2D eigenvalue weighted by molar-refractivity contribution is 6.42. The average Bonchev–Trinajstić information content (AvgIpc) is 2.71. The first-order valence-electron chi connectivity index (χ1n) is 4.89. The molecule has 0 unspecified atom stereocenters. The fourth-order valence-corrected chi connectivity index (χ4v) is 1.81. The lowest BCUT2D eigenvalue weighted by atomic mass is 10.3. The van der Waals surface area contributed by atoms with Crippen LogP contribution in [0.1, 0.15) is 5.69 Å². The second-order valence-electron chi connectivity index (χ2n) is 3.39. The number of hydrogen-bond donors (Lipinski definition) is 1. The number of benzene rings is 1. The molecule has 2 aromatic rings. The summed E-state index contributed by atoms with van der Waals surface area (Å²) in [6.45, 7) is 0.590. The van der Waals surface area contributed by atoms with E-state index < -0.39 is 0 Å². The molecule has 16 heavy (non-hydrogen) atoms. The van der Waals surface area contributed by atoms with Crippen LogP contribution in [0.4, 0.5) is 0 Å². The maximum absolute atomic E-state index is 5.97. The van der Waals surface area contributed by atoms with E-state index in [1.807, 2.05) is 16.7 Å². The van der Waals surface area contributed by atoms with Crippen LogP contribution < -0.4 is 5.73 Å². The van der Waals surface area contributed by atoms with Crippen LogP contribution in [0.5, 0.6) is 0 Å². The molecule has 1 aromatic carbocycles. The Balaban J connectivity index is 2.42. The summed E-state index contributed by atoms with van der Waals surface area (Å²) in [5.41, 5.74) is 7.53. The van der Waals surface area contributed by atoms with Gasteiger partial charge in [0.15, 0.2) is 0 Å². The van der Waals surface area contributed by atoms with Gasteiger partial charge in [0.1, 0.15) is 0 Å². The predicted octanol–water partition coefficient (Wildman–Crippen LogP) is 2.68. The van der Waals surface area contributed by atoms with Gasteiger partial charge in [0.25, 0.3) is 0 Å². The largest absolute Gasteiger partial charge is 0.330 e. The van der Waals surface area contributed by atoms with Crippen LogP contribution in [0.15, 0.2) is 30.7 Å². The van der Waals surface area contributed by atoms with Crippen molar-refractivity contribution in [2.24, 2.45) is 5.73 Å². The maximum Gasteiger partial charge on any atom is 0.0994 e. The highest BCUT2D eigenvalue weighted by atomic mass is 35.5. The van der Waals surface area contributed by atoms with Crippen molar-refractivity contribution in [1.29, 1.82) is 0 Å². The minimum absolute atomic E-state index is 0.534. The lowest BCUT2D eigenvalue weighted by Gasteiger charge is -2.08. The molecule has 0 bridgehead atoms. The molecule has 0 atom stereocenters. The maximum atomic E-state index is 5.97. The molecule has 2 N–H and O–H groups in total. The zero-order chi connectivity index (χ0) is 11.5. The lowest BCUT2D eigenvalue weighted by Crippen LogP contribution is -2.07. The van der Waals surface area contributed by atoms with E-state index in [1.54, 1.807) is 18.6 Å². The summed E-state index contributed by atoms with van der Waals surface area (Å²) in [7, 11) is 0. The molecule has 5 heteroatoms. The van der Waals surface area contributed by atoms with E-state index in [0.29, 0.717) is 16.6 Å². The van der Waals surface area contributed by atoms with Crippen LogP contribution >= 0.6 is 23.2 Å². The van der Waals surface area contributed by atoms with Crippen molar-refractivity contribution in [3.05, 3.63) is 46.5 Å². The van der Waals surface area contributed by atoms with E-state index in [9.17, 15) is 0 Å². The third-order valence-electron chi connectivity index (χ3n) is 2.30. The van der Waals surface area contributed by atoms with Gasteiger partial charge in [-0.15, -0.1) is 0 Å². The minimum atomic E-state index is 0.534. The smallest absolute Gasteiger partial charge is 0.0994 e. The van der Waals surface area contributed by atoms with E-state index in [2.05, 4.69) is 4.98 Å². The number of imidazole rings is 1. The van der Waals surface area contributed by atoms with Crippen molar-refractivity contribution < 1.29 is 0 Å². The number of aromatic nitrogens is 2. The Bertz CT molecular complexity index is 494. The van der Waals surface area contributed by atoms with Gasteiger partial charge in [-0.05, 0) is 24.7 Å². The Morgan fingerprint density at radius 2 is 2.06 bits per heavy atom. The second-order valence-corrected chi connectivity index (χ2v) is 4.21. The Morgan fingerprint density at radius 3 is 2.75 bits per heavy atom. The summed E-state index contributed by atoms with van der Waals surface area (Å²) in [4.78, 5) is 4.10. The zero-order valence-electron chi connectivity index (χ0n) is 8.53. The molecule has 0 spiro atoms. The van der Waals surface area contributed by atoms with Gasteiger partial charge in [0.05, 0.1) is 16.4 Å². The fourth-order valence-electron chi connectivity index (χ4n) is 1.52. The molecule has 0 fully saturated rings. The summed E-state index contributed by atoms with van der Waals surface area (Å²) in [6.07, 6.45) is 4.32. The first-order chi connectivity index (χ1) is 7.72. The van der Waals surface area contributed by atoms with Crippen LogP contribution in [-0.4, -0.2) is 16.1 Å². The standard InChI is InChI=1S/C11H11Cl2N3/c12-10-2-1-8(5-11(10)13)16-7-15-6-9(16)3-4-14/h1-2,5-7H,3-4,14H2. The summed E-state index contributed by atoms with van der Waals surface area (Å²) >= 11 is 11.8. The molecular weight excluding hydrogens is 245 g/mol. The number of rotatable bonds is 3. The van der Waals surface area contributed by atoms with E-state index >= 15 is 0 Å². The molecule has 3 nitrogen and oxygen atoms in total.